The van der Waals surface area contributed by atoms with Crippen molar-refractivity contribution in [2.75, 3.05) is 24.6 Å². The summed E-state index contributed by atoms with van der Waals surface area (Å²) in [6, 6.07) is 18.0. The molecule has 132 valence electrons. The number of anilines is 1. The summed E-state index contributed by atoms with van der Waals surface area (Å²) in [6.45, 7) is 3.86. The van der Waals surface area contributed by atoms with Gasteiger partial charge in [0.25, 0.3) is 0 Å². The molecule has 1 fully saturated rings. The molecule has 1 saturated heterocycles. The Kier molecular flexibility index (Phi) is 5.94. The second-order valence-electron chi connectivity index (χ2n) is 6.36. The van der Waals surface area contributed by atoms with Crippen LogP contribution in [0.25, 0.3) is 0 Å². The van der Waals surface area contributed by atoms with Gasteiger partial charge in [0.05, 0.1) is 0 Å². The lowest BCUT2D eigenvalue weighted by atomic mass is 10.1. The molecule has 0 saturated carbocycles. The minimum absolute atomic E-state index is 0.202. The monoisotopic (exact) mass is 339 g/mol. The predicted octanol–water partition coefficient (Wildman–Crippen LogP) is 4.36. The van der Waals surface area contributed by atoms with E-state index in [4.69, 9.17) is 9.47 Å². The fourth-order valence-corrected chi connectivity index (χ4v) is 3.11. The largest absolute Gasteiger partial charge is 0.482 e. The number of esters is 1. The highest BCUT2D eigenvalue weighted by atomic mass is 16.6. The third-order valence-corrected chi connectivity index (χ3v) is 4.45. The summed E-state index contributed by atoms with van der Waals surface area (Å²) in [5.41, 5.74) is 2.23. The number of ether oxygens (including phenoxy) is 2. The molecule has 2 aromatic carbocycles. The Hall–Kier alpha value is -2.49. The van der Waals surface area contributed by atoms with Crippen molar-refractivity contribution in [1.29, 1.82) is 0 Å². The fraction of sp³-hybridized carbons (Fsp3) is 0.381. The molecule has 0 aliphatic carbocycles. The Morgan fingerprint density at radius 3 is 2.32 bits per heavy atom. The highest BCUT2D eigenvalue weighted by Crippen LogP contribution is 2.26. The van der Waals surface area contributed by atoms with Gasteiger partial charge in [0.15, 0.2) is 6.10 Å². The first-order chi connectivity index (χ1) is 12.2. The third kappa shape index (κ3) is 4.99. The Balaban J connectivity index is 1.69. The van der Waals surface area contributed by atoms with Crippen LogP contribution in [0.5, 0.6) is 5.75 Å². The molecule has 1 atom stereocenters. The summed E-state index contributed by atoms with van der Waals surface area (Å²) in [5, 5.41) is 0. The highest BCUT2D eigenvalue weighted by molar-refractivity contribution is 5.65. The minimum Gasteiger partial charge on any atom is -0.482 e. The number of carbonyl (C=O) groups excluding carboxylic acids is 1. The molecule has 2 aromatic rings. The van der Waals surface area contributed by atoms with Crippen molar-refractivity contribution in [2.24, 2.45) is 0 Å². The van der Waals surface area contributed by atoms with Crippen LogP contribution in [-0.2, 0) is 9.53 Å². The summed E-state index contributed by atoms with van der Waals surface area (Å²) in [4.78, 5) is 13.6. The van der Waals surface area contributed by atoms with E-state index in [0.717, 1.165) is 24.4 Å². The molecule has 4 nitrogen and oxygen atoms in total. The summed E-state index contributed by atoms with van der Waals surface area (Å²) >= 11 is 0. The second-order valence-corrected chi connectivity index (χ2v) is 6.36. The van der Waals surface area contributed by atoms with Crippen LogP contribution in [0.2, 0.25) is 0 Å². The molecule has 1 unspecified atom stereocenters. The fourth-order valence-electron chi connectivity index (χ4n) is 3.11. The minimum atomic E-state index is -0.314. The van der Waals surface area contributed by atoms with E-state index in [2.05, 4.69) is 17.0 Å². The van der Waals surface area contributed by atoms with Gasteiger partial charge in [0.1, 0.15) is 12.4 Å². The molecule has 0 bridgehead atoms. The van der Waals surface area contributed by atoms with Gasteiger partial charge in [-0.25, -0.2) is 0 Å². The van der Waals surface area contributed by atoms with Crippen LogP contribution in [0.15, 0.2) is 54.6 Å². The normalized spacial score (nSPS) is 15.5. The lowest BCUT2D eigenvalue weighted by Gasteiger charge is -2.29. The lowest BCUT2D eigenvalue weighted by molar-refractivity contribution is -0.143. The van der Waals surface area contributed by atoms with Gasteiger partial charge in [-0.05, 0) is 49.1 Å². The quantitative estimate of drug-likeness (QED) is 0.733. The number of nitrogens with zero attached hydrogens (tertiary/aromatic N) is 1. The number of hydrogen-bond acceptors (Lipinski definition) is 4. The topological polar surface area (TPSA) is 38.8 Å². The highest BCUT2D eigenvalue weighted by Gasteiger charge is 2.16. The summed E-state index contributed by atoms with van der Waals surface area (Å²) in [6.07, 6.45) is 3.53. The van der Waals surface area contributed by atoms with Crippen molar-refractivity contribution >= 4 is 11.7 Å². The van der Waals surface area contributed by atoms with E-state index in [0.29, 0.717) is 0 Å². The van der Waals surface area contributed by atoms with Crippen molar-refractivity contribution < 1.29 is 14.3 Å². The van der Waals surface area contributed by atoms with E-state index < -0.39 is 0 Å². The van der Waals surface area contributed by atoms with Crippen LogP contribution in [0.4, 0.5) is 5.69 Å². The lowest BCUT2D eigenvalue weighted by Crippen LogP contribution is -2.29. The number of piperidine rings is 1. The van der Waals surface area contributed by atoms with Gasteiger partial charge in [-0.1, -0.05) is 30.3 Å². The average molecular weight is 339 g/mol. The van der Waals surface area contributed by atoms with E-state index in [1.807, 2.05) is 42.5 Å². The van der Waals surface area contributed by atoms with Crippen LogP contribution in [0.3, 0.4) is 0 Å². The van der Waals surface area contributed by atoms with Gasteiger partial charge in [-0.15, -0.1) is 0 Å². The summed E-state index contributed by atoms with van der Waals surface area (Å²) in [7, 11) is 0. The molecule has 1 heterocycles. The van der Waals surface area contributed by atoms with Crippen molar-refractivity contribution in [3.8, 4) is 5.75 Å². The molecule has 0 amide bonds. The van der Waals surface area contributed by atoms with Crippen molar-refractivity contribution in [3.05, 3.63) is 60.2 Å². The zero-order chi connectivity index (χ0) is 17.5. The van der Waals surface area contributed by atoms with Crippen molar-refractivity contribution in [1.82, 2.24) is 0 Å². The van der Waals surface area contributed by atoms with Crippen LogP contribution in [0, 0.1) is 0 Å². The van der Waals surface area contributed by atoms with E-state index in [-0.39, 0.29) is 18.7 Å². The standard InChI is InChI=1S/C21H25NO3/c1-17(23)24-16-21(18-8-4-2-5-9-18)25-20-12-10-19(11-13-20)22-14-6-3-7-15-22/h2,4-5,8-13,21H,3,6-7,14-16H2,1H3. The molecular formula is C21H25NO3. The third-order valence-electron chi connectivity index (χ3n) is 4.45. The molecule has 0 spiro atoms. The first kappa shape index (κ1) is 17.3. The Morgan fingerprint density at radius 1 is 1.00 bits per heavy atom. The van der Waals surface area contributed by atoms with E-state index in [1.54, 1.807) is 0 Å². The van der Waals surface area contributed by atoms with Crippen LogP contribution >= 0.6 is 0 Å². The van der Waals surface area contributed by atoms with Gasteiger partial charge in [0, 0.05) is 25.7 Å². The van der Waals surface area contributed by atoms with Gasteiger partial charge < -0.3 is 14.4 Å². The molecule has 4 heteroatoms. The maximum atomic E-state index is 11.2. The molecule has 3 rings (SSSR count). The average Bonchev–Trinajstić information content (AvgIpc) is 2.67. The maximum absolute atomic E-state index is 11.2. The molecule has 1 aliphatic rings. The van der Waals surface area contributed by atoms with Crippen LogP contribution < -0.4 is 9.64 Å². The molecular weight excluding hydrogens is 314 g/mol. The van der Waals surface area contributed by atoms with E-state index >= 15 is 0 Å². The van der Waals surface area contributed by atoms with Gasteiger partial charge in [-0.2, -0.15) is 0 Å². The molecule has 0 N–H and O–H groups in total. The van der Waals surface area contributed by atoms with Gasteiger partial charge in [0.2, 0.25) is 0 Å². The summed E-state index contributed by atoms with van der Waals surface area (Å²) < 4.78 is 11.3. The Morgan fingerprint density at radius 2 is 1.68 bits per heavy atom. The van der Waals surface area contributed by atoms with Crippen molar-refractivity contribution in [3.63, 3.8) is 0 Å². The van der Waals surface area contributed by atoms with Gasteiger partial charge in [-0.3, -0.25) is 4.79 Å². The molecule has 0 aromatic heterocycles. The van der Waals surface area contributed by atoms with E-state index in [9.17, 15) is 4.79 Å². The Bertz CT molecular complexity index is 663. The number of hydrogen-bond donors (Lipinski definition) is 0. The van der Waals surface area contributed by atoms with E-state index in [1.165, 1.54) is 31.9 Å². The van der Waals surface area contributed by atoms with Crippen LogP contribution in [0.1, 0.15) is 37.9 Å². The first-order valence-corrected chi connectivity index (χ1v) is 8.92. The van der Waals surface area contributed by atoms with Crippen LogP contribution in [-0.4, -0.2) is 25.7 Å². The zero-order valence-electron chi connectivity index (χ0n) is 14.7. The smallest absolute Gasteiger partial charge is 0.302 e. The predicted molar refractivity (Wildman–Crippen MR) is 99.0 cm³/mol. The second kappa shape index (κ2) is 8.56. The Labute approximate surface area is 149 Å². The van der Waals surface area contributed by atoms with Crippen molar-refractivity contribution in [2.45, 2.75) is 32.3 Å². The molecule has 1 aliphatic heterocycles. The summed E-state index contributed by atoms with van der Waals surface area (Å²) in [5.74, 6) is 0.478. The van der Waals surface area contributed by atoms with Gasteiger partial charge >= 0.3 is 5.97 Å². The molecule has 0 radical (unpaired) electrons. The number of rotatable bonds is 6. The SMILES string of the molecule is CC(=O)OCC(Oc1ccc(N2CCCCC2)cc1)c1ccccc1. The maximum Gasteiger partial charge on any atom is 0.302 e. The number of benzene rings is 2. The first-order valence-electron chi connectivity index (χ1n) is 8.92. The zero-order valence-corrected chi connectivity index (χ0v) is 14.7. The number of carbonyl (C=O) groups is 1. The molecule has 25 heavy (non-hydrogen) atoms.